The van der Waals surface area contributed by atoms with Crippen molar-refractivity contribution in [2.24, 2.45) is 5.73 Å². The number of nitrogens with two attached hydrogens (primary N) is 1. The monoisotopic (exact) mass is 210 g/mol. The van der Waals surface area contributed by atoms with E-state index in [1.807, 2.05) is 0 Å². The van der Waals surface area contributed by atoms with E-state index in [9.17, 15) is 4.79 Å². The number of carboxylic acid groups (broad SMARTS) is 1. The quantitative estimate of drug-likeness (QED) is 0.578. The minimum Gasteiger partial charge on any atom is -0.480 e. The number of imidazole rings is 1. The first kappa shape index (κ1) is 11.2. The summed E-state index contributed by atoms with van der Waals surface area (Å²) < 4.78 is 0. The Morgan fingerprint density at radius 2 is 2.50 bits per heavy atom. The van der Waals surface area contributed by atoms with Gasteiger partial charge in [-0.2, -0.15) is 0 Å². The van der Waals surface area contributed by atoms with Gasteiger partial charge in [-0.1, -0.05) is 0 Å². The number of nitrogens with one attached hydrogen (secondary N) is 1. The number of hydrogen-bond donors (Lipinski definition) is 3. The van der Waals surface area contributed by atoms with Gasteiger partial charge in [0, 0.05) is 35.4 Å². The first-order valence-electron chi connectivity index (χ1n) is 3.16. The molecule has 0 saturated heterocycles. The van der Waals surface area contributed by atoms with Crippen LogP contribution < -0.4 is 5.73 Å². The van der Waals surface area contributed by atoms with Gasteiger partial charge < -0.3 is 15.8 Å². The Morgan fingerprint density at radius 3 is 2.92 bits per heavy atom. The maximum Gasteiger partial charge on any atom is 0.320 e. The van der Waals surface area contributed by atoms with E-state index >= 15 is 0 Å². The van der Waals surface area contributed by atoms with Crippen molar-refractivity contribution in [2.45, 2.75) is 12.5 Å². The zero-order valence-electron chi connectivity index (χ0n) is 6.20. The van der Waals surface area contributed by atoms with E-state index in [2.05, 4.69) is 9.97 Å². The van der Waals surface area contributed by atoms with Gasteiger partial charge in [0.2, 0.25) is 0 Å². The normalized spacial score (nSPS) is 11.8. The van der Waals surface area contributed by atoms with Crippen LogP contribution in [-0.2, 0) is 28.3 Å². The summed E-state index contributed by atoms with van der Waals surface area (Å²) in [5.74, 6) is -1.00. The third kappa shape index (κ3) is 3.04. The summed E-state index contributed by atoms with van der Waals surface area (Å²) in [7, 11) is 0. The Bertz CT molecular complexity index is 237. The zero-order valence-corrected chi connectivity index (χ0v) is 7.38. The third-order valence-electron chi connectivity index (χ3n) is 1.31. The van der Waals surface area contributed by atoms with Crippen LogP contribution in [0.2, 0.25) is 0 Å². The molecule has 0 spiro atoms. The third-order valence-corrected chi connectivity index (χ3v) is 1.31. The summed E-state index contributed by atoms with van der Waals surface area (Å²) in [5, 5.41) is 8.42. The number of rotatable bonds is 3. The van der Waals surface area contributed by atoms with Crippen LogP contribution in [0, 0.1) is 0 Å². The van der Waals surface area contributed by atoms with Gasteiger partial charge in [0.05, 0.1) is 6.33 Å². The van der Waals surface area contributed by atoms with Crippen LogP contribution in [0.25, 0.3) is 0 Å². The fourth-order valence-corrected chi connectivity index (χ4v) is 0.721. The van der Waals surface area contributed by atoms with Crippen molar-refractivity contribution in [2.75, 3.05) is 0 Å². The molecule has 0 amide bonds. The predicted molar refractivity (Wildman–Crippen MR) is 37.9 cm³/mol. The Kier molecular flexibility index (Phi) is 4.58. The maximum absolute atomic E-state index is 10.3. The zero-order chi connectivity index (χ0) is 8.27. The van der Waals surface area contributed by atoms with Crippen molar-refractivity contribution >= 4 is 5.97 Å². The molecular weight excluding hydrogens is 201 g/mol. The average Bonchev–Trinajstić information content (AvgIpc) is 2.39. The number of hydrogen-bond acceptors (Lipinski definition) is 3. The summed E-state index contributed by atoms with van der Waals surface area (Å²) >= 11 is 0. The van der Waals surface area contributed by atoms with Crippen molar-refractivity contribution in [3.63, 3.8) is 0 Å². The van der Waals surface area contributed by atoms with Gasteiger partial charge in [-0.3, -0.25) is 4.79 Å². The van der Waals surface area contributed by atoms with Gasteiger partial charge >= 0.3 is 5.97 Å². The number of aliphatic carboxylic acids is 1. The van der Waals surface area contributed by atoms with Gasteiger partial charge in [0.15, 0.2) is 0 Å². The van der Waals surface area contributed by atoms with E-state index in [4.69, 9.17) is 10.8 Å². The number of aromatic amines is 1. The van der Waals surface area contributed by atoms with Gasteiger partial charge in [-0.15, -0.1) is 0 Å². The van der Waals surface area contributed by atoms with Crippen molar-refractivity contribution in [1.29, 1.82) is 0 Å². The molecule has 5 nitrogen and oxygen atoms in total. The van der Waals surface area contributed by atoms with Crippen molar-refractivity contribution in [1.82, 2.24) is 9.97 Å². The standard InChI is InChI=1S/C6H9N3O2.Mn/c7-5(6(10)11)1-4-2-8-3-9-4;/h2-3,5H,1,7H2,(H,8,9)(H,10,11);/t5-;/m0./s1. The Hall–Kier alpha value is -0.841. The Morgan fingerprint density at radius 1 is 1.83 bits per heavy atom. The molecule has 1 aromatic rings. The number of aromatic nitrogens is 2. The van der Waals surface area contributed by atoms with E-state index in [0.29, 0.717) is 0 Å². The molecule has 4 N–H and O–H groups in total. The van der Waals surface area contributed by atoms with E-state index < -0.39 is 12.0 Å². The van der Waals surface area contributed by atoms with E-state index in [1.165, 1.54) is 6.33 Å². The van der Waals surface area contributed by atoms with E-state index in [-0.39, 0.29) is 23.5 Å². The fraction of sp³-hybridized carbons (Fsp3) is 0.333. The molecule has 0 aliphatic heterocycles. The second kappa shape index (κ2) is 4.92. The summed E-state index contributed by atoms with van der Waals surface area (Å²) in [4.78, 5) is 16.8. The Balaban J connectivity index is 0.00000121. The molecule has 0 saturated carbocycles. The summed E-state index contributed by atoms with van der Waals surface area (Å²) in [5.41, 5.74) is 6.00. The Labute approximate surface area is 79.8 Å². The SMILES string of the molecule is N[C@@H](Cc1cnc[nH]1)C(=O)O.[Mn]. The van der Waals surface area contributed by atoms with Crippen LogP contribution in [0.15, 0.2) is 12.5 Å². The molecule has 1 aromatic heterocycles. The van der Waals surface area contributed by atoms with Crippen molar-refractivity contribution < 1.29 is 27.0 Å². The van der Waals surface area contributed by atoms with Gasteiger partial charge in [-0.05, 0) is 0 Å². The molecule has 0 bridgehead atoms. The molecule has 1 radical (unpaired) electrons. The fourth-order valence-electron chi connectivity index (χ4n) is 0.721. The molecule has 0 aromatic carbocycles. The molecule has 67 valence electrons. The summed E-state index contributed by atoms with van der Waals surface area (Å²) in [6.07, 6.45) is 3.34. The van der Waals surface area contributed by atoms with Crippen LogP contribution >= 0.6 is 0 Å². The van der Waals surface area contributed by atoms with Crippen LogP contribution in [0.1, 0.15) is 5.69 Å². The molecular formula is C6H9MnN3O2. The molecule has 1 heterocycles. The van der Waals surface area contributed by atoms with Crippen LogP contribution in [0.4, 0.5) is 0 Å². The number of carbonyl (C=O) groups is 1. The first-order chi connectivity index (χ1) is 5.20. The van der Waals surface area contributed by atoms with Gasteiger partial charge in [0.25, 0.3) is 0 Å². The second-order valence-corrected chi connectivity index (χ2v) is 2.23. The topological polar surface area (TPSA) is 92.0 Å². The van der Waals surface area contributed by atoms with Crippen molar-refractivity contribution in [3.8, 4) is 0 Å². The predicted octanol–water partition coefficient (Wildman–Crippen LogP) is -0.638. The second-order valence-electron chi connectivity index (χ2n) is 2.23. The van der Waals surface area contributed by atoms with Crippen LogP contribution in [0.5, 0.6) is 0 Å². The van der Waals surface area contributed by atoms with E-state index in [0.717, 1.165) is 5.69 Å². The summed E-state index contributed by atoms with van der Waals surface area (Å²) in [6, 6.07) is -0.851. The minimum absolute atomic E-state index is 0. The molecule has 0 fully saturated rings. The average molecular weight is 210 g/mol. The molecule has 0 unspecified atom stereocenters. The minimum atomic E-state index is -1.00. The number of nitrogens with zero attached hydrogens (tertiary/aromatic N) is 1. The van der Waals surface area contributed by atoms with E-state index in [1.54, 1.807) is 6.20 Å². The first-order valence-corrected chi connectivity index (χ1v) is 3.16. The van der Waals surface area contributed by atoms with Gasteiger partial charge in [-0.25, -0.2) is 4.98 Å². The number of carboxylic acids is 1. The molecule has 1 atom stereocenters. The molecule has 1 rings (SSSR count). The van der Waals surface area contributed by atoms with Crippen LogP contribution in [0.3, 0.4) is 0 Å². The van der Waals surface area contributed by atoms with Gasteiger partial charge in [0.1, 0.15) is 6.04 Å². The molecule has 12 heavy (non-hydrogen) atoms. The van der Waals surface area contributed by atoms with Crippen molar-refractivity contribution in [3.05, 3.63) is 18.2 Å². The smallest absolute Gasteiger partial charge is 0.320 e. The molecule has 0 aliphatic carbocycles. The maximum atomic E-state index is 10.3. The number of H-pyrrole nitrogens is 1. The molecule has 6 heteroatoms. The molecule has 0 aliphatic rings. The largest absolute Gasteiger partial charge is 0.480 e. The van der Waals surface area contributed by atoms with Crippen LogP contribution in [-0.4, -0.2) is 27.1 Å². The summed E-state index contributed by atoms with van der Waals surface area (Å²) in [6.45, 7) is 0.